The molecule has 8 heteroatoms. The number of aromatic nitrogens is 5. The first-order valence-corrected chi connectivity index (χ1v) is 7.99. The van der Waals surface area contributed by atoms with Crippen molar-refractivity contribution in [3.05, 3.63) is 57.8 Å². The van der Waals surface area contributed by atoms with E-state index in [-0.39, 0.29) is 11.9 Å². The molecule has 0 radical (unpaired) electrons. The van der Waals surface area contributed by atoms with Crippen LogP contribution in [0.1, 0.15) is 39.0 Å². The molecule has 0 aliphatic rings. The summed E-state index contributed by atoms with van der Waals surface area (Å²) in [6.07, 6.45) is 1.81. The summed E-state index contributed by atoms with van der Waals surface area (Å²) in [5, 5.41) is 21.0. The molecule has 0 aliphatic carbocycles. The third-order valence-electron chi connectivity index (χ3n) is 3.32. The lowest BCUT2D eigenvalue weighted by Gasteiger charge is -2.06. The molecule has 23 heavy (non-hydrogen) atoms. The zero-order chi connectivity index (χ0) is 16.2. The Hall–Kier alpha value is -2.61. The van der Waals surface area contributed by atoms with Crippen molar-refractivity contribution in [1.29, 1.82) is 0 Å². The molecule has 1 atom stereocenters. The number of hydrogen-bond donors (Lipinski definition) is 1. The molecule has 1 unspecified atom stereocenters. The van der Waals surface area contributed by atoms with Gasteiger partial charge in [0.1, 0.15) is 21.8 Å². The zero-order valence-corrected chi connectivity index (χ0v) is 13.6. The van der Waals surface area contributed by atoms with Gasteiger partial charge in [-0.1, -0.05) is 34.7 Å². The van der Waals surface area contributed by atoms with Crippen LogP contribution in [-0.2, 0) is 6.54 Å². The first-order chi connectivity index (χ1) is 11.1. The number of rotatable bonds is 5. The molecule has 2 aromatic heterocycles. The van der Waals surface area contributed by atoms with Gasteiger partial charge >= 0.3 is 0 Å². The SMILES string of the molecule is Cc1nnc(C(C)n2cc(CNC(=O)c3ccccc3)nn2)s1. The second kappa shape index (κ2) is 6.66. The van der Waals surface area contributed by atoms with Crippen molar-refractivity contribution in [2.24, 2.45) is 0 Å². The molecule has 0 fully saturated rings. The molecule has 1 aromatic carbocycles. The van der Waals surface area contributed by atoms with Gasteiger partial charge < -0.3 is 5.32 Å². The number of nitrogens with one attached hydrogen (secondary N) is 1. The summed E-state index contributed by atoms with van der Waals surface area (Å²) in [6, 6.07) is 9.04. The van der Waals surface area contributed by atoms with E-state index >= 15 is 0 Å². The van der Waals surface area contributed by atoms with Crippen LogP contribution in [0.2, 0.25) is 0 Å². The maximum Gasteiger partial charge on any atom is 0.251 e. The molecule has 7 nitrogen and oxygen atoms in total. The van der Waals surface area contributed by atoms with E-state index in [0.29, 0.717) is 17.8 Å². The van der Waals surface area contributed by atoms with Gasteiger partial charge in [-0.05, 0) is 26.0 Å². The Labute approximate surface area is 137 Å². The van der Waals surface area contributed by atoms with Crippen LogP contribution in [0.15, 0.2) is 36.5 Å². The third-order valence-corrected chi connectivity index (χ3v) is 4.33. The second-order valence-electron chi connectivity index (χ2n) is 5.07. The van der Waals surface area contributed by atoms with E-state index in [1.54, 1.807) is 16.8 Å². The maximum atomic E-state index is 12.0. The van der Waals surface area contributed by atoms with Crippen molar-refractivity contribution in [2.75, 3.05) is 0 Å². The Morgan fingerprint density at radius 1 is 1.26 bits per heavy atom. The molecule has 0 aliphatic heterocycles. The Kier molecular flexibility index (Phi) is 4.42. The zero-order valence-electron chi connectivity index (χ0n) is 12.8. The van der Waals surface area contributed by atoms with Crippen molar-refractivity contribution in [1.82, 2.24) is 30.5 Å². The fourth-order valence-corrected chi connectivity index (χ4v) is 2.78. The lowest BCUT2D eigenvalue weighted by molar-refractivity contribution is 0.0950. The molecular weight excluding hydrogens is 312 g/mol. The second-order valence-corrected chi connectivity index (χ2v) is 6.29. The van der Waals surface area contributed by atoms with E-state index in [1.807, 2.05) is 38.2 Å². The van der Waals surface area contributed by atoms with Gasteiger partial charge in [-0.3, -0.25) is 4.79 Å². The number of benzene rings is 1. The van der Waals surface area contributed by atoms with Crippen LogP contribution in [0.25, 0.3) is 0 Å². The molecule has 0 saturated heterocycles. The van der Waals surface area contributed by atoms with Gasteiger partial charge in [0.05, 0.1) is 12.7 Å². The molecule has 3 aromatic rings. The predicted molar refractivity (Wildman–Crippen MR) is 86.1 cm³/mol. The molecule has 118 valence electrons. The first kappa shape index (κ1) is 15.3. The topological polar surface area (TPSA) is 85.6 Å². The Bertz CT molecular complexity index is 797. The summed E-state index contributed by atoms with van der Waals surface area (Å²) < 4.78 is 1.73. The van der Waals surface area contributed by atoms with Gasteiger partial charge in [-0.2, -0.15) is 0 Å². The average Bonchev–Trinajstić information content (AvgIpc) is 3.22. The highest BCUT2D eigenvalue weighted by atomic mass is 32.1. The number of amides is 1. The summed E-state index contributed by atoms with van der Waals surface area (Å²) in [4.78, 5) is 12.0. The largest absolute Gasteiger partial charge is 0.346 e. The van der Waals surface area contributed by atoms with E-state index < -0.39 is 0 Å². The summed E-state index contributed by atoms with van der Waals surface area (Å²) in [7, 11) is 0. The predicted octanol–water partition coefficient (Wildman–Crippen LogP) is 1.98. The summed E-state index contributed by atoms with van der Waals surface area (Å²) in [5.74, 6) is -0.132. The van der Waals surface area contributed by atoms with Gasteiger partial charge in [0.25, 0.3) is 5.91 Å². The molecule has 3 rings (SSSR count). The lowest BCUT2D eigenvalue weighted by atomic mass is 10.2. The van der Waals surface area contributed by atoms with Gasteiger partial charge in [0, 0.05) is 5.56 Å². The molecule has 1 amide bonds. The molecule has 0 saturated carbocycles. The van der Waals surface area contributed by atoms with Crippen LogP contribution in [0.3, 0.4) is 0 Å². The number of carbonyl (C=O) groups is 1. The van der Waals surface area contributed by atoms with Crippen LogP contribution < -0.4 is 5.32 Å². The normalized spacial score (nSPS) is 12.1. The van der Waals surface area contributed by atoms with Gasteiger partial charge in [0.2, 0.25) is 0 Å². The molecule has 2 heterocycles. The molecule has 1 N–H and O–H groups in total. The van der Waals surface area contributed by atoms with Crippen LogP contribution in [0.4, 0.5) is 0 Å². The lowest BCUT2D eigenvalue weighted by Crippen LogP contribution is -2.22. The summed E-state index contributed by atoms with van der Waals surface area (Å²) in [5.41, 5.74) is 1.32. The Morgan fingerprint density at radius 2 is 2.04 bits per heavy atom. The summed E-state index contributed by atoms with van der Waals surface area (Å²) in [6.45, 7) is 4.23. The maximum absolute atomic E-state index is 12.0. The smallest absolute Gasteiger partial charge is 0.251 e. The van der Waals surface area contributed by atoms with Crippen LogP contribution in [0, 0.1) is 6.92 Å². The number of hydrogen-bond acceptors (Lipinski definition) is 6. The van der Waals surface area contributed by atoms with E-state index in [4.69, 9.17) is 0 Å². The van der Waals surface area contributed by atoms with Crippen LogP contribution in [0.5, 0.6) is 0 Å². The van der Waals surface area contributed by atoms with Crippen LogP contribution in [-0.4, -0.2) is 31.1 Å². The average molecular weight is 328 g/mol. The van der Waals surface area contributed by atoms with E-state index in [1.165, 1.54) is 11.3 Å². The summed E-state index contributed by atoms with van der Waals surface area (Å²) >= 11 is 1.53. The van der Waals surface area contributed by atoms with Crippen LogP contribution >= 0.6 is 11.3 Å². The minimum absolute atomic E-state index is 0.0349. The number of nitrogens with zero attached hydrogens (tertiary/aromatic N) is 5. The third kappa shape index (κ3) is 3.59. The van der Waals surface area contributed by atoms with Crippen molar-refractivity contribution in [2.45, 2.75) is 26.4 Å². The number of aryl methyl sites for hydroxylation is 1. The molecular formula is C15H16N6OS. The van der Waals surface area contributed by atoms with Crippen molar-refractivity contribution in [3.63, 3.8) is 0 Å². The quantitative estimate of drug-likeness (QED) is 0.774. The van der Waals surface area contributed by atoms with Crippen molar-refractivity contribution in [3.8, 4) is 0 Å². The van der Waals surface area contributed by atoms with Gasteiger partial charge in [-0.25, -0.2) is 4.68 Å². The van der Waals surface area contributed by atoms with E-state index in [9.17, 15) is 4.79 Å². The minimum Gasteiger partial charge on any atom is -0.346 e. The van der Waals surface area contributed by atoms with Gasteiger partial charge in [-0.15, -0.1) is 15.3 Å². The standard InChI is InChI=1S/C15H16N6OS/c1-10(15-19-17-11(2)23-15)21-9-13(18-20-21)8-16-14(22)12-6-4-3-5-7-12/h3-7,9-10H,8H2,1-2H3,(H,16,22). The van der Waals surface area contributed by atoms with Gasteiger partial charge in [0.15, 0.2) is 0 Å². The van der Waals surface area contributed by atoms with Crippen molar-refractivity contribution >= 4 is 17.2 Å². The monoisotopic (exact) mass is 328 g/mol. The Balaban J connectivity index is 1.62. The highest BCUT2D eigenvalue weighted by Crippen LogP contribution is 2.20. The first-order valence-electron chi connectivity index (χ1n) is 7.17. The Morgan fingerprint density at radius 3 is 2.74 bits per heavy atom. The fourth-order valence-electron chi connectivity index (χ4n) is 2.04. The fraction of sp³-hybridized carbons (Fsp3) is 0.267. The van der Waals surface area contributed by atoms with Crippen molar-refractivity contribution < 1.29 is 4.79 Å². The molecule has 0 spiro atoms. The van der Waals surface area contributed by atoms with E-state index in [2.05, 4.69) is 25.8 Å². The van der Waals surface area contributed by atoms with E-state index in [0.717, 1.165) is 10.0 Å². The highest BCUT2D eigenvalue weighted by molar-refractivity contribution is 7.11. The minimum atomic E-state index is -0.132. The highest BCUT2D eigenvalue weighted by Gasteiger charge is 2.15. The number of carbonyl (C=O) groups excluding carboxylic acids is 1. The molecule has 0 bridgehead atoms.